The Kier molecular flexibility index (Phi) is 5.79. The molecule has 4 nitrogen and oxygen atoms in total. The highest BCUT2D eigenvalue weighted by atomic mass is 35.5. The molecule has 0 bridgehead atoms. The zero-order valence-electron chi connectivity index (χ0n) is 13.5. The van der Waals surface area contributed by atoms with Crippen molar-refractivity contribution in [1.82, 2.24) is 0 Å². The first-order valence-corrected chi connectivity index (χ1v) is 7.62. The van der Waals surface area contributed by atoms with E-state index in [1.807, 2.05) is 0 Å². The third-order valence-electron chi connectivity index (χ3n) is 3.28. The van der Waals surface area contributed by atoms with Gasteiger partial charge in [-0.2, -0.15) is 13.2 Å². The summed E-state index contributed by atoms with van der Waals surface area (Å²) in [5.41, 5.74) is -0.355. The summed E-state index contributed by atoms with van der Waals surface area (Å²) in [4.78, 5) is 13.7. The average Bonchev–Trinajstić information content (AvgIpc) is 2.53. The number of halogens is 4. The number of hydrogen-bond donors (Lipinski definition) is 1. The molecule has 0 aliphatic rings. The van der Waals surface area contributed by atoms with Gasteiger partial charge in [-0.3, -0.25) is 4.79 Å². The fraction of sp³-hybridized carbons (Fsp3) is 0.235. The van der Waals surface area contributed by atoms with Gasteiger partial charge in [0.25, 0.3) is 5.91 Å². The van der Waals surface area contributed by atoms with Gasteiger partial charge in [0.15, 0.2) is 6.61 Å². The van der Waals surface area contributed by atoms with Crippen LogP contribution in [-0.4, -0.2) is 26.6 Å². The van der Waals surface area contributed by atoms with E-state index < -0.39 is 17.6 Å². The molecule has 0 aromatic heterocycles. The molecule has 1 amide bonds. The van der Waals surface area contributed by atoms with Crippen molar-refractivity contribution in [1.29, 1.82) is 0 Å². The van der Waals surface area contributed by atoms with Crippen LogP contribution in [-0.2, 0) is 11.0 Å². The van der Waals surface area contributed by atoms with Crippen LogP contribution in [0.4, 0.5) is 24.5 Å². The second kappa shape index (κ2) is 7.65. The standard InChI is InChI=1S/C17H16ClF3N2O2/c1-23(2)14-8-7-11(17(19,20)21)9-13(14)22-16(24)10-25-15-6-4-3-5-12(15)18/h3-9H,10H2,1-2H3,(H,22,24). The molecule has 25 heavy (non-hydrogen) atoms. The Morgan fingerprint density at radius 3 is 2.48 bits per heavy atom. The number of carbonyl (C=O) groups excluding carboxylic acids is 1. The number of rotatable bonds is 5. The lowest BCUT2D eigenvalue weighted by molar-refractivity contribution is -0.137. The van der Waals surface area contributed by atoms with Crippen molar-refractivity contribution in [3.8, 4) is 5.75 Å². The van der Waals surface area contributed by atoms with Crippen LogP contribution in [0.15, 0.2) is 42.5 Å². The Labute approximate surface area is 148 Å². The maximum Gasteiger partial charge on any atom is 0.416 e. The molecule has 134 valence electrons. The van der Waals surface area contributed by atoms with Gasteiger partial charge >= 0.3 is 6.18 Å². The van der Waals surface area contributed by atoms with Gasteiger partial charge in [0.2, 0.25) is 0 Å². The lowest BCUT2D eigenvalue weighted by Gasteiger charge is -2.20. The number of nitrogens with zero attached hydrogens (tertiary/aromatic N) is 1. The van der Waals surface area contributed by atoms with E-state index in [2.05, 4.69) is 5.32 Å². The molecule has 0 heterocycles. The van der Waals surface area contributed by atoms with Crippen LogP contribution in [0.1, 0.15) is 5.56 Å². The number of benzene rings is 2. The first-order valence-electron chi connectivity index (χ1n) is 7.24. The fourth-order valence-electron chi connectivity index (χ4n) is 2.09. The molecule has 0 spiro atoms. The number of amides is 1. The Morgan fingerprint density at radius 1 is 1.20 bits per heavy atom. The normalized spacial score (nSPS) is 11.1. The largest absolute Gasteiger partial charge is 0.482 e. The van der Waals surface area contributed by atoms with Crippen LogP contribution in [0.2, 0.25) is 5.02 Å². The van der Waals surface area contributed by atoms with E-state index in [0.29, 0.717) is 16.5 Å². The molecular weight excluding hydrogens is 357 g/mol. The highest BCUT2D eigenvalue weighted by Crippen LogP contribution is 2.35. The van der Waals surface area contributed by atoms with E-state index in [1.165, 1.54) is 6.07 Å². The maximum absolute atomic E-state index is 12.9. The van der Waals surface area contributed by atoms with Gasteiger partial charge in [0.05, 0.1) is 22.0 Å². The van der Waals surface area contributed by atoms with Crippen LogP contribution < -0.4 is 15.0 Å². The van der Waals surface area contributed by atoms with Crippen LogP contribution in [0.3, 0.4) is 0 Å². The summed E-state index contributed by atoms with van der Waals surface area (Å²) in [6.07, 6.45) is -4.50. The number of carbonyl (C=O) groups is 1. The van der Waals surface area contributed by atoms with Crippen molar-refractivity contribution in [2.75, 3.05) is 30.9 Å². The fourth-order valence-corrected chi connectivity index (χ4v) is 2.28. The molecule has 2 rings (SSSR count). The SMILES string of the molecule is CN(C)c1ccc(C(F)(F)F)cc1NC(=O)COc1ccccc1Cl. The lowest BCUT2D eigenvalue weighted by Crippen LogP contribution is -2.22. The van der Waals surface area contributed by atoms with E-state index >= 15 is 0 Å². The summed E-state index contributed by atoms with van der Waals surface area (Å²) in [6, 6.07) is 9.75. The van der Waals surface area contributed by atoms with Gasteiger partial charge in [0, 0.05) is 14.1 Å². The van der Waals surface area contributed by atoms with Crippen LogP contribution >= 0.6 is 11.6 Å². The molecule has 0 radical (unpaired) electrons. The Hall–Kier alpha value is -2.41. The molecule has 2 aromatic rings. The van der Waals surface area contributed by atoms with Crippen molar-refractivity contribution >= 4 is 28.9 Å². The van der Waals surface area contributed by atoms with E-state index in [0.717, 1.165) is 12.1 Å². The molecular formula is C17H16ClF3N2O2. The van der Waals surface area contributed by atoms with Gasteiger partial charge in [-0.25, -0.2) is 0 Å². The molecule has 0 saturated heterocycles. The molecule has 0 unspecified atom stereocenters. The van der Waals surface area contributed by atoms with Gasteiger partial charge in [0.1, 0.15) is 5.75 Å². The van der Waals surface area contributed by atoms with Crippen molar-refractivity contribution in [2.45, 2.75) is 6.18 Å². The Balaban J connectivity index is 2.14. The van der Waals surface area contributed by atoms with Crippen molar-refractivity contribution < 1.29 is 22.7 Å². The second-order valence-electron chi connectivity index (χ2n) is 5.39. The highest BCUT2D eigenvalue weighted by Gasteiger charge is 2.31. The third kappa shape index (κ3) is 5.03. The summed E-state index contributed by atoms with van der Waals surface area (Å²) in [6.45, 7) is -0.382. The molecule has 2 aromatic carbocycles. The maximum atomic E-state index is 12.9. The molecule has 0 saturated carbocycles. The average molecular weight is 373 g/mol. The number of alkyl halides is 3. The van der Waals surface area contributed by atoms with Gasteiger partial charge in [-0.05, 0) is 30.3 Å². The summed E-state index contributed by atoms with van der Waals surface area (Å²) >= 11 is 5.92. The van der Waals surface area contributed by atoms with Gasteiger partial charge in [-0.1, -0.05) is 23.7 Å². The number of ether oxygens (including phenoxy) is 1. The number of hydrogen-bond acceptors (Lipinski definition) is 3. The summed E-state index contributed by atoms with van der Waals surface area (Å²) < 4.78 is 43.9. The minimum Gasteiger partial charge on any atom is -0.482 e. The molecule has 0 aliphatic heterocycles. The highest BCUT2D eigenvalue weighted by molar-refractivity contribution is 6.32. The molecule has 8 heteroatoms. The molecule has 1 N–H and O–H groups in total. The van der Waals surface area contributed by atoms with Gasteiger partial charge < -0.3 is 15.0 Å². The second-order valence-corrected chi connectivity index (χ2v) is 5.80. The predicted octanol–water partition coefficient (Wildman–Crippen LogP) is 4.44. The minimum atomic E-state index is -4.50. The topological polar surface area (TPSA) is 41.6 Å². The van der Waals surface area contributed by atoms with Crippen LogP contribution in [0.25, 0.3) is 0 Å². The zero-order valence-corrected chi connectivity index (χ0v) is 14.3. The number of nitrogens with one attached hydrogen (secondary N) is 1. The predicted molar refractivity (Wildman–Crippen MR) is 91.3 cm³/mol. The van der Waals surface area contributed by atoms with Crippen molar-refractivity contribution in [2.24, 2.45) is 0 Å². The molecule has 0 aliphatic carbocycles. The summed E-state index contributed by atoms with van der Waals surface area (Å²) in [5, 5.41) is 2.78. The number of anilines is 2. The smallest absolute Gasteiger partial charge is 0.416 e. The monoisotopic (exact) mass is 372 g/mol. The first kappa shape index (κ1) is 18.9. The van der Waals surface area contributed by atoms with Crippen LogP contribution in [0, 0.1) is 0 Å². The van der Waals surface area contributed by atoms with Crippen molar-refractivity contribution in [3.63, 3.8) is 0 Å². The van der Waals surface area contributed by atoms with Crippen LogP contribution in [0.5, 0.6) is 5.75 Å². The molecule has 0 fully saturated rings. The Morgan fingerprint density at radius 2 is 1.88 bits per heavy atom. The number of para-hydroxylation sites is 1. The first-order chi connectivity index (χ1) is 11.7. The Bertz CT molecular complexity index is 764. The van der Waals surface area contributed by atoms with E-state index in [1.54, 1.807) is 43.3 Å². The molecule has 0 atom stereocenters. The summed E-state index contributed by atoms with van der Waals surface area (Å²) in [7, 11) is 3.33. The lowest BCUT2D eigenvalue weighted by atomic mass is 10.1. The third-order valence-corrected chi connectivity index (χ3v) is 3.59. The van der Waals surface area contributed by atoms with Crippen molar-refractivity contribution in [3.05, 3.63) is 53.1 Å². The minimum absolute atomic E-state index is 0.0487. The zero-order chi connectivity index (χ0) is 18.6. The van der Waals surface area contributed by atoms with E-state index in [9.17, 15) is 18.0 Å². The van der Waals surface area contributed by atoms with E-state index in [-0.39, 0.29) is 12.3 Å². The van der Waals surface area contributed by atoms with Gasteiger partial charge in [-0.15, -0.1) is 0 Å². The van der Waals surface area contributed by atoms with E-state index in [4.69, 9.17) is 16.3 Å². The quantitative estimate of drug-likeness (QED) is 0.843. The summed E-state index contributed by atoms with van der Waals surface area (Å²) in [5.74, 6) is -0.279.